The van der Waals surface area contributed by atoms with E-state index in [0.717, 1.165) is 12.1 Å². The topological polar surface area (TPSA) is 38.1 Å². The number of nitrogens with zero attached hydrogens (tertiary/aromatic N) is 3. The Morgan fingerprint density at radius 2 is 1.95 bits per heavy atom. The Balaban J connectivity index is 2.31. The molecule has 0 spiro atoms. The smallest absolute Gasteiger partial charge is 0.338 e. The number of aromatic nitrogens is 2. The molecule has 2 aromatic rings. The fraction of sp³-hybridized carbons (Fsp3) is 0.333. The lowest BCUT2D eigenvalue weighted by Gasteiger charge is -2.16. The van der Waals surface area contributed by atoms with Crippen molar-refractivity contribution in [3.05, 3.63) is 48.0 Å². The van der Waals surface area contributed by atoms with Crippen molar-refractivity contribution in [1.29, 1.82) is 0 Å². The van der Waals surface area contributed by atoms with Gasteiger partial charge in [0.05, 0.1) is 5.56 Å². The minimum Gasteiger partial charge on any atom is -0.338 e. The lowest BCUT2D eigenvalue weighted by molar-refractivity contribution is -0.137. The molecule has 0 bridgehead atoms. The van der Waals surface area contributed by atoms with Crippen LogP contribution >= 0.6 is 0 Å². The van der Waals surface area contributed by atoms with Crippen LogP contribution in [0.25, 0.3) is 5.69 Å². The molecule has 2 rings (SSSR count). The third-order valence-corrected chi connectivity index (χ3v) is 3.32. The Morgan fingerprint density at radius 3 is 2.55 bits per heavy atom. The zero-order chi connectivity index (χ0) is 16.3. The molecule has 0 unspecified atom stereocenters. The van der Waals surface area contributed by atoms with Gasteiger partial charge in [0.1, 0.15) is 12.0 Å². The molecule has 7 heteroatoms. The zero-order valence-electron chi connectivity index (χ0n) is 12.3. The van der Waals surface area contributed by atoms with E-state index >= 15 is 0 Å². The first-order valence-corrected chi connectivity index (χ1v) is 6.87. The predicted molar refractivity (Wildman–Crippen MR) is 75.8 cm³/mol. The van der Waals surface area contributed by atoms with E-state index in [9.17, 15) is 18.0 Å². The van der Waals surface area contributed by atoms with Crippen molar-refractivity contribution in [2.24, 2.45) is 0 Å². The van der Waals surface area contributed by atoms with Gasteiger partial charge in [-0.1, -0.05) is 6.07 Å². The second kappa shape index (κ2) is 6.21. The highest BCUT2D eigenvalue weighted by Crippen LogP contribution is 2.30. The predicted octanol–water partition coefficient (Wildman–Crippen LogP) is 3.37. The number of rotatable bonds is 4. The lowest BCUT2D eigenvalue weighted by Crippen LogP contribution is -2.30. The van der Waals surface area contributed by atoms with Crippen molar-refractivity contribution in [2.75, 3.05) is 13.1 Å². The zero-order valence-corrected chi connectivity index (χ0v) is 12.3. The van der Waals surface area contributed by atoms with Crippen molar-refractivity contribution >= 4 is 5.91 Å². The Kier molecular flexibility index (Phi) is 4.54. The Morgan fingerprint density at radius 1 is 1.27 bits per heavy atom. The lowest BCUT2D eigenvalue weighted by atomic mass is 10.2. The summed E-state index contributed by atoms with van der Waals surface area (Å²) in [6.07, 6.45) is -1.63. The van der Waals surface area contributed by atoms with E-state index < -0.39 is 11.7 Å². The van der Waals surface area contributed by atoms with Gasteiger partial charge >= 0.3 is 6.18 Å². The Hall–Kier alpha value is -2.31. The average Bonchev–Trinajstić information content (AvgIpc) is 2.97. The molecule has 0 N–H and O–H groups in total. The summed E-state index contributed by atoms with van der Waals surface area (Å²) >= 11 is 0. The minimum atomic E-state index is -4.41. The maximum absolute atomic E-state index is 12.7. The summed E-state index contributed by atoms with van der Waals surface area (Å²) in [6, 6.07) is 4.88. The number of imidazole rings is 1. The standard InChI is InChI=1S/C15H16F3N3O/c1-3-20(4-2)14(22)13-9-21(10-19-13)12-7-5-6-11(8-12)15(16,17)18/h5-10H,3-4H2,1-2H3. The molecular formula is C15H16F3N3O. The molecule has 4 nitrogen and oxygen atoms in total. The molecule has 118 valence electrons. The van der Waals surface area contributed by atoms with Gasteiger partial charge in [0, 0.05) is 25.0 Å². The van der Waals surface area contributed by atoms with Gasteiger partial charge in [0.25, 0.3) is 5.91 Å². The molecule has 1 aromatic carbocycles. The van der Waals surface area contributed by atoms with Crippen LogP contribution < -0.4 is 0 Å². The fourth-order valence-electron chi connectivity index (χ4n) is 2.09. The maximum Gasteiger partial charge on any atom is 0.416 e. The second-order valence-electron chi connectivity index (χ2n) is 4.69. The first-order valence-electron chi connectivity index (χ1n) is 6.87. The van der Waals surface area contributed by atoms with E-state index in [4.69, 9.17) is 0 Å². The van der Waals surface area contributed by atoms with E-state index in [1.165, 1.54) is 29.2 Å². The third kappa shape index (κ3) is 3.29. The number of alkyl halides is 3. The third-order valence-electron chi connectivity index (χ3n) is 3.32. The number of carbonyl (C=O) groups excluding carboxylic acids is 1. The second-order valence-corrected chi connectivity index (χ2v) is 4.69. The van der Waals surface area contributed by atoms with Crippen LogP contribution in [0.1, 0.15) is 29.9 Å². The van der Waals surface area contributed by atoms with Crippen LogP contribution in [0.3, 0.4) is 0 Å². The van der Waals surface area contributed by atoms with E-state index in [1.54, 1.807) is 4.90 Å². The molecule has 22 heavy (non-hydrogen) atoms. The first-order chi connectivity index (χ1) is 10.4. The summed E-state index contributed by atoms with van der Waals surface area (Å²) < 4.78 is 39.6. The highest BCUT2D eigenvalue weighted by atomic mass is 19.4. The summed E-state index contributed by atoms with van der Waals surface area (Å²) in [7, 11) is 0. The van der Waals surface area contributed by atoms with Gasteiger partial charge in [0.15, 0.2) is 0 Å². The summed E-state index contributed by atoms with van der Waals surface area (Å²) in [4.78, 5) is 17.7. The van der Waals surface area contributed by atoms with Crippen LogP contribution in [-0.2, 0) is 6.18 Å². The number of carbonyl (C=O) groups is 1. The van der Waals surface area contributed by atoms with Crippen LogP contribution in [0.4, 0.5) is 13.2 Å². The van der Waals surface area contributed by atoms with Gasteiger partial charge < -0.3 is 9.47 Å². The van der Waals surface area contributed by atoms with Crippen molar-refractivity contribution in [2.45, 2.75) is 20.0 Å². The van der Waals surface area contributed by atoms with E-state index in [0.29, 0.717) is 18.8 Å². The number of benzene rings is 1. The largest absolute Gasteiger partial charge is 0.416 e. The molecule has 0 aliphatic carbocycles. The van der Waals surface area contributed by atoms with E-state index in [2.05, 4.69) is 4.98 Å². The molecule has 1 amide bonds. The van der Waals surface area contributed by atoms with Crippen LogP contribution in [0.15, 0.2) is 36.8 Å². The van der Waals surface area contributed by atoms with Gasteiger partial charge in [-0.05, 0) is 32.0 Å². The molecular weight excluding hydrogens is 295 g/mol. The highest BCUT2D eigenvalue weighted by Gasteiger charge is 2.30. The molecule has 1 heterocycles. The quantitative estimate of drug-likeness (QED) is 0.868. The van der Waals surface area contributed by atoms with E-state index in [1.807, 2.05) is 13.8 Å². The minimum absolute atomic E-state index is 0.209. The van der Waals surface area contributed by atoms with Crippen LogP contribution in [0.5, 0.6) is 0 Å². The Labute approximate surface area is 126 Å². The van der Waals surface area contributed by atoms with E-state index in [-0.39, 0.29) is 11.6 Å². The van der Waals surface area contributed by atoms with Crippen LogP contribution in [-0.4, -0.2) is 33.4 Å². The number of hydrogen-bond donors (Lipinski definition) is 0. The molecule has 0 saturated heterocycles. The summed E-state index contributed by atoms with van der Waals surface area (Å²) in [5.41, 5.74) is -0.225. The normalized spacial score (nSPS) is 11.5. The SMILES string of the molecule is CCN(CC)C(=O)c1cn(-c2cccc(C(F)(F)F)c2)cn1. The van der Waals surface area contributed by atoms with Crippen molar-refractivity contribution < 1.29 is 18.0 Å². The van der Waals surface area contributed by atoms with Crippen LogP contribution in [0, 0.1) is 0 Å². The fourth-order valence-corrected chi connectivity index (χ4v) is 2.09. The number of hydrogen-bond acceptors (Lipinski definition) is 2. The van der Waals surface area contributed by atoms with Gasteiger partial charge in [0.2, 0.25) is 0 Å². The van der Waals surface area contributed by atoms with Crippen LogP contribution in [0.2, 0.25) is 0 Å². The summed E-state index contributed by atoms with van der Waals surface area (Å²) in [5, 5.41) is 0. The molecule has 0 aliphatic heterocycles. The number of halogens is 3. The summed E-state index contributed by atoms with van der Waals surface area (Å²) in [6.45, 7) is 4.80. The molecule has 1 aromatic heterocycles. The Bertz CT molecular complexity index is 660. The molecule has 0 radical (unpaired) electrons. The molecule has 0 aliphatic rings. The highest BCUT2D eigenvalue weighted by molar-refractivity contribution is 5.92. The summed E-state index contributed by atoms with van der Waals surface area (Å²) in [5.74, 6) is -0.240. The maximum atomic E-state index is 12.7. The van der Waals surface area contributed by atoms with Crippen molar-refractivity contribution in [1.82, 2.24) is 14.5 Å². The monoisotopic (exact) mass is 311 g/mol. The molecule has 0 fully saturated rings. The molecule has 0 saturated carbocycles. The van der Waals surface area contributed by atoms with Crippen molar-refractivity contribution in [3.8, 4) is 5.69 Å². The van der Waals surface area contributed by atoms with Gasteiger partial charge in [-0.2, -0.15) is 13.2 Å². The average molecular weight is 311 g/mol. The van der Waals surface area contributed by atoms with Gasteiger partial charge in [-0.3, -0.25) is 4.79 Å². The van der Waals surface area contributed by atoms with Gasteiger partial charge in [-0.25, -0.2) is 4.98 Å². The first kappa shape index (κ1) is 16.1. The molecule has 0 atom stereocenters. The van der Waals surface area contributed by atoms with Gasteiger partial charge in [-0.15, -0.1) is 0 Å². The number of amides is 1. The van der Waals surface area contributed by atoms with Crippen molar-refractivity contribution in [3.63, 3.8) is 0 Å².